The Hall–Kier alpha value is -0.0800. The van der Waals surface area contributed by atoms with Gasteiger partial charge in [0.1, 0.15) is 0 Å². The van der Waals surface area contributed by atoms with Crippen molar-refractivity contribution in [2.24, 2.45) is 29.6 Å². The first-order valence-electron chi connectivity index (χ1n) is 32.7. The van der Waals surface area contributed by atoms with E-state index in [-0.39, 0.29) is 0 Å². The van der Waals surface area contributed by atoms with E-state index in [9.17, 15) is 0 Å². The molecule has 0 aromatic heterocycles. The molecule has 6 atom stereocenters. The quantitative estimate of drug-likeness (QED) is 0.0561. The van der Waals surface area contributed by atoms with Crippen molar-refractivity contribution < 1.29 is 0 Å². The van der Waals surface area contributed by atoms with E-state index in [0.29, 0.717) is 0 Å². The average Bonchev–Trinajstić information content (AvgIpc) is 4.28. The smallest absolute Gasteiger partial charge is 0.00922 e. The number of unbranched alkanes of at least 4 members (excludes halogenated alkanes) is 28. The van der Waals surface area contributed by atoms with E-state index in [0.717, 1.165) is 41.7 Å². The molecule has 2 heteroatoms. The summed E-state index contributed by atoms with van der Waals surface area (Å²) >= 11 is 0. The Morgan fingerprint density at radius 3 is 0.779 bits per heavy atom. The highest BCUT2D eigenvalue weighted by molar-refractivity contribution is 4.86. The molecule has 0 aromatic rings. The van der Waals surface area contributed by atoms with Crippen LogP contribution in [0.1, 0.15) is 358 Å². The van der Waals surface area contributed by atoms with Crippen LogP contribution in [0.4, 0.5) is 0 Å². The standard InChI is InChI=1S/C33H67N.C31H63N.C2H6/c1-6-8-10-12-15-19-23-31-29-32(31)24-20-16-14-18-22-26-33(34(5)28-27-30(3)4)25-21-17-13-11-9-7-2;1-5-8-10-12-15-19-23-29-28-30(29)24-20-16-14-18-22-26-31(32(4)27-7-3)25-21-17-13-11-9-6-2;1-2/h30-33H,6-29H2,1-5H3;29-31H,5-28H2,1-4H3;1-2H3. The second-order valence-electron chi connectivity index (χ2n) is 23.9. The minimum atomic E-state index is 0.828. The van der Waals surface area contributed by atoms with Gasteiger partial charge in [0.25, 0.3) is 0 Å². The molecule has 0 aliphatic heterocycles. The molecular formula is C66H136N2. The molecule has 2 fully saturated rings. The van der Waals surface area contributed by atoms with Crippen molar-refractivity contribution in [2.45, 2.75) is 370 Å². The molecule has 2 nitrogen and oxygen atoms in total. The van der Waals surface area contributed by atoms with Crippen LogP contribution < -0.4 is 0 Å². The molecule has 0 radical (unpaired) electrons. The zero-order valence-corrected chi connectivity index (χ0v) is 49.9. The molecule has 2 saturated carbocycles. The topological polar surface area (TPSA) is 6.48 Å². The molecule has 0 amide bonds. The van der Waals surface area contributed by atoms with Crippen LogP contribution in [0.2, 0.25) is 0 Å². The van der Waals surface area contributed by atoms with Crippen molar-refractivity contribution in [3.05, 3.63) is 0 Å². The van der Waals surface area contributed by atoms with Gasteiger partial charge < -0.3 is 9.80 Å². The lowest BCUT2D eigenvalue weighted by Gasteiger charge is -2.29. The lowest BCUT2D eigenvalue weighted by atomic mass is 9.98. The van der Waals surface area contributed by atoms with Gasteiger partial charge in [0, 0.05) is 12.1 Å². The normalized spacial score (nSPS) is 18.4. The summed E-state index contributed by atoms with van der Waals surface area (Å²) in [6.45, 7) is 22.9. The number of hydrogen-bond donors (Lipinski definition) is 0. The second-order valence-corrected chi connectivity index (χ2v) is 23.9. The third kappa shape index (κ3) is 43.5. The van der Waals surface area contributed by atoms with Crippen molar-refractivity contribution >= 4 is 0 Å². The fourth-order valence-electron chi connectivity index (χ4n) is 11.7. The molecular weight excluding hydrogens is 821 g/mol. The van der Waals surface area contributed by atoms with Crippen molar-refractivity contribution in [1.29, 1.82) is 0 Å². The van der Waals surface area contributed by atoms with Gasteiger partial charge in [-0.05, 0) is 108 Å². The summed E-state index contributed by atoms with van der Waals surface area (Å²) in [5.41, 5.74) is 0. The van der Waals surface area contributed by atoms with Crippen LogP contribution in [0.3, 0.4) is 0 Å². The Kier molecular flexibility index (Phi) is 51.7. The first-order valence-corrected chi connectivity index (χ1v) is 32.7. The van der Waals surface area contributed by atoms with Crippen LogP contribution in [-0.4, -0.2) is 49.1 Å². The summed E-state index contributed by atoms with van der Waals surface area (Å²) in [6.07, 6.45) is 67.3. The molecule has 0 aromatic carbocycles. The van der Waals surface area contributed by atoms with E-state index in [1.807, 2.05) is 13.8 Å². The number of nitrogens with zero attached hydrogens (tertiary/aromatic N) is 2. The van der Waals surface area contributed by atoms with Gasteiger partial charge >= 0.3 is 0 Å². The van der Waals surface area contributed by atoms with E-state index in [2.05, 4.69) is 72.4 Å². The summed E-state index contributed by atoms with van der Waals surface area (Å²) in [7, 11) is 4.78. The molecule has 68 heavy (non-hydrogen) atoms. The first kappa shape index (κ1) is 67.9. The van der Waals surface area contributed by atoms with Crippen molar-refractivity contribution in [2.75, 3.05) is 27.2 Å². The molecule has 6 unspecified atom stereocenters. The van der Waals surface area contributed by atoms with Gasteiger partial charge in [-0.2, -0.15) is 0 Å². The molecule has 2 aliphatic carbocycles. The Bertz CT molecular complexity index is 945. The fraction of sp³-hybridized carbons (Fsp3) is 1.00. The third-order valence-electron chi connectivity index (χ3n) is 16.9. The zero-order valence-electron chi connectivity index (χ0n) is 49.9. The minimum absolute atomic E-state index is 0.828. The SMILES string of the molecule is CC.CCCCCCCCC1CC1CCCCCCCC(CCCCCCCC)N(C)CCC.CCCCCCCCC1CC1CCCCCCCC(CCCCCCCC)N(C)CCC(C)C. The summed E-state index contributed by atoms with van der Waals surface area (Å²) in [4.78, 5) is 5.38. The minimum Gasteiger partial charge on any atom is -0.303 e. The monoisotopic (exact) mass is 957 g/mol. The van der Waals surface area contributed by atoms with Crippen LogP contribution in [0.15, 0.2) is 0 Å². The average molecular weight is 958 g/mol. The van der Waals surface area contributed by atoms with Crippen molar-refractivity contribution in [3.8, 4) is 0 Å². The lowest BCUT2D eigenvalue weighted by molar-refractivity contribution is 0.199. The summed E-state index contributed by atoms with van der Waals surface area (Å²) in [6, 6.07) is 1.68. The Morgan fingerprint density at radius 2 is 0.529 bits per heavy atom. The molecule has 0 spiro atoms. The predicted octanol–water partition coefficient (Wildman–Crippen LogP) is 22.8. The van der Waals surface area contributed by atoms with Crippen molar-refractivity contribution in [1.82, 2.24) is 9.80 Å². The molecule has 0 N–H and O–H groups in total. The highest BCUT2D eigenvalue weighted by atomic mass is 15.1. The molecule has 2 rings (SSSR count). The molecule has 0 bridgehead atoms. The molecule has 410 valence electrons. The van der Waals surface area contributed by atoms with E-state index in [4.69, 9.17) is 0 Å². The van der Waals surface area contributed by atoms with Crippen LogP contribution in [-0.2, 0) is 0 Å². The summed E-state index contributed by atoms with van der Waals surface area (Å²) in [5, 5.41) is 0. The van der Waals surface area contributed by atoms with Crippen LogP contribution >= 0.6 is 0 Å². The maximum Gasteiger partial charge on any atom is 0.00922 e. The Labute approximate surface area is 434 Å². The van der Waals surface area contributed by atoms with Gasteiger partial charge in [-0.1, -0.05) is 306 Å². The Morgan fingerprint density at radius 1 is 0.294 bits per heavy atom. The van der Waals surface area contributed by atoms with Gasteiger partial charge in [0.15, 0.2) is 0 Å². The van der Waals surface area contributed by atoms with Gasteiger partial charge in [-0.15, -0.1) is 0 Å². The first-order chi connectivity index (χ1) is 33.3. The summed E-state index contributed by atoms with van der Waals surface area (Å²) in [5.74, 6) is 5.31. The highest BCUT2D eigenvalue weighted by Crippen LogP contribution is 2.46. The van der Waals surface area contributed by atoms with Gasteiger partial charge in [-0.25, -0.2) is 0 Å². The van der Waals surface area contributed by atoms with E-state index < -0.39 is 0 Å². The molecule has 0 saturated heterocycles. The number of rotatable bonds is 51. The lowest BCUT2D eigenvalue weighted by Crippen LogP contribution is -2.33. The predicted molar refractivity (Wildman–Crippen MR) is 314 cm³/mol. The van der Waals surface area contributed by atoms with Crippen molar-refractivity contribution in [3.63, 3.8) is 0 Å². The third-order valence-corrected chi connectivity index (χ3v) is 16.9. The maximum atomic E-state index is 2.71. The van der Waals surface area contributed by atoms with Crippen LogP contribution in [0, 0.1) is 29.6 Å². The zero-order chi connectivity index (χ0) is 50.1. The number of hydrogen-bond acceptors (Lipinski definition) is 2. The fourth-order valence-corrected chi connectivity index (χ4v) is 11.7. The largest absolute Gasteiger partial charge is 0.303 e. The van der Waals surface area contributed by atoms with Crippen LogP contribution in [0.25, 0.3) is 0 Å². The molecule has 0 heterocycles. The maximum absolute atomic E-state index is 2.71. The van der Waals surface area contributed by atoms with E-state index in [1.54, 1.807) is 38.5 Å². The van der Waals surface area contributed by atoms with Crippen LogP contribution in [0.5, 0.6) is 0 Å². The van der Waals surface area contributed by atoms with Gasteiger partial charge in [0.05, 0.1) is 0 Å². The van der Waals surface area contributed by atoms with E-state index >= 15 is 0 Å². The van der Waals surface area contributed by atoms with Gasteiger partial charge in [0.2, 0.25) is 0 Å². The molecule has 2 aliphatic rings. The summed E-state index contributed by atoms with van der Waals surface area (Å²) < 4.78 is 0. The van der Waals surface area contributed by atoms with E-state index in [1.165, 1.54) is 270 Å². The van der Waals surface area contributed by atoms with Gasteiger partial charge in [-0.3, -0.25) is 0 Å². The highest BCUT2D eigenvalue weighted by Gasteiger charge is 2.35. The second kappa shape index (κ2) is 51.8. The Balaban J connectivity index is 0.00000128.